The average Bonchev–Trinajstić information content (AvgIpc) is 2.26. The zero-order valence-electron chi connectivity index (χ0n) is 10.1. The predicted octanol–water partition coefficient (Wildman–Crippen LogP) is 4.59. The number of pyridine rings is 1. The summed E-state index contributed by atoms with van der Waals surface area (Å²) in [6, 6.07) is 0. The van der Waals surface area contributed by atoms with E-state index in [4.69, 9.17) is 28.6 Å². The summed E-state index contributed by atoms with van der Waals surface area (Å²) in [7, 11) is 0. The molecule has 0 aliphatic heterocycles. The normalized spacial score (nSPS) is 12.1. The van der Waals surface area contributed by atoms with E-state index in [-0.39, 0.29) is 0 Å². The Kier molecular flexibility index (Phi) is 6.39. The molecule has 0 spiro atoms. The highest BCUT2D eigenvalue weighted by Gasteiger charge is 2.04. The zero-order valence-corrected chi connectivity index (χ0v) is 12.4. The van der Waals surface area contributed by atoms with E-state index in [1.165, 1.54) is 11.8 Å². The van der Waals surface area contributed by atoms with E-state index in [1.54, 1.807) is 30.9 Å². The van der Waals surface area contributed by atoms with Crippen molar-refractivity contribution in [3.8, 4) is 0 Å². The van der Waals surface area contributed by atoms with E-state index in [1.807, 2.05) is 6.92 Å². The van der Waals surface area contributed by atoms with Gasteiger partial charge in [-0.1, -0.05) is 23.2 Å². The second-order valence-electron chi connectivity index (χ2n) is 3.60. The van der Waals surface area contributed by atoms with Gasteiger partial charge in [0.25, 0.3) is 0 Å². The van der Waals surface area contributed by atoms with Crippen LogP contribution in [-0.4, -0.2) is 16.2 Å². The largest absolute Gasteiger partial charge is 0.306 e. The predicted molar refractivity (Wildman–Crippen MR) is 81.2 cm³/mol. The summed E-state index contributed by atoms with van der Waals surface area (Å²) in [5.74, 6) is 0.639. The summed E-state index contributed by atoms with van der Waals surface area (Å²) >= 11 is 13.5. The molecule has 0 aliphatic rings. The summed E-state index contributed by atoms with van der Waals surface area (Å²) < 4.78 is 0. The number of aliphatic imine (C=N–C) groups is 1. The van der Waals surface area contributed by atoms with Crippen LogP contribution in [-0.2, 0) is 5.75 Å². The molecule has 1 aromatic heterocycles. The lowest BCUT2D eigenvalue weighted by atomic mass is 10.3. The van der Waals surface area contributed by atoms with Crippen LogP contribution in [0.15, 0.2) is 29.2 Å². The number of nitrogens with one attached hydrogen (secondary N) is 1. The highest BCUT2D eigenvalue weighted by molar-refractivity contribution is 8.11. The maximum atomic E-state index is 7.30. The van der Waals surface area contributed by atoms with E-state index >= 15 is 0 Å². The Labute approximate surface area is 121 Å². The van der Waals surface area contributed by atoms with Crippen LogP contribution in [0.1, 0.15) is 19.4 Å². The van der Waals surface area contributed by atoms with Gasteiger partial charge in [0.2, 0.25) is 0 Å². The Bertz CT molecular complexity index is 478. The van der Waals surface area contributed by atoms with Gasteiger partial charge in [-0.2, -0.15) is 0 Å². The van der Waals surface area contributed by atoms with Crippen LogP contribution in [0.25, 0.3) is 0 Å². The molecular weight excluding hydrogens is 289 g/mol. The number of hydrogen-bond acceptors (Lipinski definition) is 4. The fourth-order valence-corrected chi connectivity index (χ4v) is 2.62. The molecule has 0 amide bonds. The second-order valence-corrected chi connectivity index (χ2v) is 5.24. The lowest BCUT2D eigenvalue weighted by molar-refractivity contribution is 1.27. The number of rotatable bonds is 5. The lowest BCUT2D eigenvalue weighted by Gasteiger charge is -2.03. The number of aromatic nitrogens is 1. The molecule has 0 unspecified atom stereocenters. The van der Waals surface area contributed by atoms with E-state index in [9.17, 15) is 0 Å². The molecule has 1 heterocycles. The lowest BCUT2D eigenvalue weighted by Crippen LogP contribution is -1.87. The first-order valence-corrected chi connectivity index (χ1v) is 6.96. The molecule has 18 heavy (non-hydrogen) atoms. The van der Waals surface area contributed by atoms with Crippen LogP contribution in [0.3, 0.4) is 0 Å². The van der Waals surface area contributed by atoms with Crippen molar-refractivity contribution in [2.24, 2.45) is 4.99 Å². The fraction of sp³-hybridized carbons (Fsp3) is 0.250. The molecule has 96 valence electrons. The highest BCUT2D eigenvalue weighted by Crippen LogP contribution is 2.26. The van der Waals surface area contributed by atoms with Crippen LogP contribution in [0.4, 0.5) is 0 Å². The van der Waals surface area contributed by atoms with Crippen molar-refractivity contribution in [1.82, 2.24) is 4.98 Å². The second kappa shape index (κ2) is 7.56. The molecule has 1 N–H and O–H groups in total. The topological polar surface area (TPSA) is 49.1 Å². The van der Waals surface area contributed by atoms with Crippen molar-refractivity contribution in [1.29, 1.82) is 5.41 Å². The number of allylic oxidation sites excluding steroid dienone is 2. The molecule has 0 bridgehead atoms. The van der Waals surface area contributed by atoms with Gasteiger partial charge in [0.1, 0.15) is 0 Å². The van der Waals surface area contributed by atoms with Crippen LogP contribution >= 0.6 is 35.0 Å². The molecule has 0 radical (unpaired) electrons. The van der Waals surface area contributed by atoms with Gasteiger partial charge in [-0.3, -0.25) is 9.98 Å². The molecule has 6 heteroatoms. The minimum absolute atomic E-state index is 0.481. The Balaban J connectivity index is 2.57. The molecule has 0 saturated heterocycles. The number of halogens is 2. The minimum Gasteiger partial charge on any atom is -0.306 e. The van der Waals surface area contributed by atoms with E-state index in [0.717, 1.165) is 11.3 Å². The van der Waals surface area contributed by atoms with E-state index < -0.39 is 0 Å². The third-order valence-corrected chi connectivity index (χ3v) is 3.30. The van der Waals surface area contributed by atoms with Gasteiger partial charge in [-0.05, 0) is 19.9 Å². The average molecular weight is 302 g/mol. The van der Waals surface area contributed by atoms with E-state index in [2.05, 4.69) is 9.98 Å². The van der Waals surface area contributed by atoms with Crippen molar-refractivity contribution in [3.63, 3.8) is 0 Å². The molecule has 0 aliphatic carbocycles. The number of nitrogens with zero attached hydrogens (tertiary/aromatic N) is 2. The monoisotopic (exact) mass is 301 g/mol. The van der Waals surface area contributed by atoms with Gasteiger partial charge in [-0.15, -0.1) is 11.8 Å². The van der Waals surface area contributed by atoms with Gasteiger partial charge in [0.15, 0.2) is 0 Å². The van der Waals surface area contributed by atoms with Gasteiger partial charge >= 0.3 is 0 Å². The summed E-state index contributed by atoms with van der Waals surface area (Å²) in [6.45, 7) is 3.56. The zero-order chi connectivity index (χ0) is 13.5. The van der Waals surface area contributed by atoms with Crippen molar-refractivity contribution in [2.75, 3.05) is 0 Å². The standard InChI is InChI=1S/C12H13Cl2N3S/c1-8(15)3-9(2)17-7-18-6-10-11(13)4-16-5-12(10)14/h3-5,7,15H,6H2,1-2H3/b9-3-,15-8?,17-7?. The molecule has 1 aromatic rings. The molecule has 0 aromatic carbocycles. The summed E-state index contributed by atoms with van der Waals surface area (Å²) in [4.78, 5) is 8.09. The van der Waals surface area contributed by atoms with Crippen LogP contribution in [0, 0.1) is 5.41 Å². The first-order valence-electron chi connectivity index (χ1n) is 5.16. The van der Waals surface area contributed by atoms with Gasteiger partial charge < -0.3 is 5.41 Å². The van der Waals surface area contributed by atoms with Crippen LogP contribution in [0.5, 0.6) is 0 Å². The van der Waals surface area contributed by atoms with Gasteiger partial charge in [-0.25, -0.2) is 0 Å². The molecule has 3 nitrogen and oxygen atoms in total. The third kappa shape index (κ3) is 5.21. The minimum atomic E-state index is 0.481. The van der Waals surface area contributed by atoms with Crippen molar-refractivity contribution in [3.05, 3.63) is 39.8 Å². The fourth-order valence-electron chi connectivity index (χ4n) is 1.17. The van der Waals surface area contributed by atoms with Crippen molar-refractivity contribution >= 4 is 46.2 Å². The Hall–Kier alpha value is -0.840. The summed E-state index contributed by atoms with van der Waals surface area (Å²) in [5, 5.41) is 8.42. The van der Waals surface area contributed by atoms with E-state index in [0.29, 0.717) is 21.5 Å². The van der Waals surface area contributed by atoms with Crippen molar-refractivity contribution < 1.29 is 0 Å². The van der Waals surface area contributed by atoms with Crippen LogP contribution in [0.2, 0.25) is 10.0 Å². The highest BCUT2D eigenvalue weighted by atomic mass is 35.5. The van der Waals surface area contributed by atoms with Gasteiger partial charge in [0.05, 0.1) is 15.6 Å². The smallest absolute Gasteiger partial charge is 0.0644 e. The maximum Gasteiger partial charge on any atom is 0.0644 e. The quantitative estimate of drug-likeness (QED) is 0.638. The first kappa shape index (κ1) is 15.2. The molecule has 0 atom stereocenters. The summed E-state index contributed by atoms with van der Waals surface area (Å²) in [5.41, 5.74) is 3.86. The SMILES string of the molecule is CC(=N)/C=C(/C)N=CSCc1c(Cl)cncc1Cl. The Morgan fingerprint density at radius 3 is 2.56 bits per heavy atom. The molecule has 1 rings (SSSR count). The first-order chi connectivity index (χ1) is 8.50. The summed E-state index contributed by atoms with van der Waals surface area (Å²) in [6.07, 6.45) is 4.84. The molecule has 0 fully saturated rings. The van der Waals surface area contributed by atoms with Gasteiger partial charge in [0, 0.05) is 35.1 Å². The van der Waals surface area contributed by atoms with Crippen molar-refractivity contribution in [2.45, 2.75) is 19.6 Å². The number of hydrogen-bond donors (Lipinski definition) is 1. The maximum absolute atomic E-state index is 7.30. The Morgan fingerprint density at radius 2 is 2.00 bits per heavy atom. The number of thioether (sulfide) groups is 1. The Morgan fingerprint density at radius 1 is 1.39 bits per heavy atom. The van der Waals surface area contributed by atoms with Crippen LogP contribution < -0.4 is 0 Å². The third-order valence-electron chi connectivity index (χ3n) is 1.94. The molecular formula is C12H13Cl2N3S. The molecule has 0 saturated carbocycles.